The molecule has 3 aromatic rings. The lowest BCUT2D eigenvalue weighted by atomic mass is 10.0. The Morgan fingerprint density at radius 3 is 2.47 bits per heavy atom. The van der Waals surface area contributed by atoms with Crippen LogP contribution in [0, 0.1) is 0 Å². The van der Waals surface area contributed by atoms with Crippen LogP contribution in [0.5, 0.6) is 0 Å². The van der Waals surface area contributed by atoms with E-state index in [1.54, 1.807) is 18.2 Å². The van der Waals surface area contributed by atoms with E-state index in [9.17, 15) is 13.2 Å². The minimum atomic E-state index is -3.46. The molecule has 1 N–H and O–H groups in total. The van der Waals surface area contributed by atoms with Crippen molar-refractivity contribution in [2.45, 2.75) is 23.6 Å². The molecule has 0 aromatic heterocycles. The largest absolute Gasteiger partial charge is 0.349 e. The molecule has 0 saturated heterocycles. The van der Waals surface area contributed by atoms with E-state index in [1.165, 1.54) is 35.5 Å². The first-order valence-corrected chi connectivity index (χ1v) is 12.2. The first-order valence-electron chi connectivity index (χ1n) is 9.64. The van der Waals surface area contributed by atoms with Crippen LogP contribution in [0.1, 0.15) is 24.1 Å². The van der Waals surface area contributed by atoms with Crippen molar-refractivity contribution in [2.24, 2.45) is 0 Å². The van der Waals surface area contributed by atoms with Crippen LogP contribution in [0.4, 0.5) is 0 Å². The van der Waals surface area contributed by atoms with Gasteiger partial charge in [-0.25, -0.2) is 12.7 Å². The number of fused-ring (bicyclic) bond motifs is 1. The molecule has 30 heavy (non-hydrogen) atoms. The monoisotopic (exact) mass is 442 g/mol. The Balaban J connectivity index is 1.54. The van der Waals surface area contributed by atoms with E-state index in [2.05, 4.69) is 29.6 Å². The van der Waals surface area contributed by atoms with Gasteiger partial charge in [0.25, 0.3) is 0 Å². The van der Waals surface area contributed by atoms with Crippen molar-refractivity contribution in [3.63, 3.8) is 0 Å². The molecule has 1 atom stereocenters. The summed E-state index contributed by atoms with van der Waals surface area (Å²) in [6.45, 7) is 1.97. The van der Waals surface area contributed by atoms with Gasteiger partial charge in [-0.3, -0.25) is 4.79 Å². The molecule has 0 aliphatic heterocycles. The first-order chi connectivity index (χ1) is 14.3. The van der Waals surface area contributed by atoms with E-state index in [4.69, 9.17) is 0 Å². The zero-order chi connectivity index (χ0) is 21.7. The summed E-state index contributed by atoms with van der Waals surface area (Å²) in [5, 5.41) is 5.36. The minimum Gasteiger partial charge on any atom is -0.349 e. The number of rotatable bonds is 8. The standard InChI is InChI=1S/C23H26N2O3S2/c1-17(20-12-11-19-8-4-5-9-21(19)14-20)24-23(26)16-29-15-18-7-6-10-22(13-18)30(27,28)25(2)3/h4-14,17H,15-16H2,1-3H3,(H,24,26). The summed E-state index contributed by atoms with van der Waals surface area (Å²) >= 11 is 1.46. The number of hydrogen-bond acceptors (Lipinski definition) is 4. The van der Waals surface area contributed by atoms with Crippen LogP contribution in [0.2, 0.25) is 0 Å². The summed E-state index contributed by atoms with van der Waals surface area (Å²) in [5.74, 6) is 0.828. The van der Waals surface area contributed by atoms with Gasteiger partial charge in [0.15, 0.2) is 0 Å². The molecule has 0 aliphatic rings. The summed E-state index contributed by atoms with van der Waals surface area (Å²) in [4.78, 5) is 12.6. The van der Waals surface area contributed by atoms with Gasteiger partial charge in [0.1, 0.15) is 0 Å². The average Bonchev–Trinajstić information content (AvgIpc) is 2.73. The molecule has 0 fully saturated rings. The van der Waals surface area contributed by atoms with Gasteiger partial charge >= 0.3 is 0 Å². The topological polar surface area (TPSA) is 66.5 Å². The van der Waals surface area contributed by atoms with Gasteiger partial charge in [-0.2, -0.15) is 0 Å². The fourth-order valence-electron chi connectivity index (χ4n) is 3.11. The van der Waals surface area contributed by atoms with Gasteiger partial charge in [0.2, 0.25) is 15.9 Å². The molecule has 1 amide bonds. The van der Waals surface area contributed by atoms with Crippen molar-refractivity contribution < 1.29 is 13.2 Å². The molecule has 7 heteroatoms. The Hall–Kier alpha value is -2.35. The predicted octanol–water partition coefficient (Wildman–Crippen LogP) is 4.20. The highest BCUT2D eigenvalue weighted by Crippen LogP contribution is 2.21. The van der Waals surface area contributed by atoms with Crippen LogP contribution in [-0.2, 0) is 20.6 Å². The number of amides is 1. The van der Waals surface area contributed by atoms with E-state index in [-0.39, 0.29) is 16.8 Å². The maximum Gasteiger partial charge on any atom is 0.242 e. The third kappa shape index (κ3) is 5.41. The Kier molecular flexibility index (Phi) is 7.18. The van der Waals surface area contributed by atoms with Gasteiger partial charge in [0, 0.05) is 19.8 Å². The van der Waals surface area contributed by atoms with E-state index in [0.717, 1.165) is 16.5 Å². The number of carbonyl (C=O) groups is 1. The maximum absolute atomic E-state index is 12.4. The molecule has 158 valence electrons. The normalized spacial score (nSPS) is 12.8. The Labute approximate surface area is 182 Å². The van der Waals surface area contributed by atoms with Crippen molar-refractivity contribution in [3.05, 3.63) is 77.9 Å². The molecule has 3 rings (SSSR count). The van der Waals surface area contributed by atoms with Gasteiger partial charge in [-0.1, -0.05) is 48.5 Å². The Morgan fingerprint density at radius 2 is 1.73 bits per heavy atom. The van der Waals surface area contributed by atoms with Crippen LogP contribution in [-0.4, -0.2) is 38.5 Å². The fourth-order valence-corrected chi connectivity index (χ4v) is 4.87. The predicted molar refractivity (Wildman–Crippen MR) is 124 cm³/mol. The molecule has 0 spiro atoms. The van der Waals surface area contributed by atoms with Crippen molar-refractivity contribution in [2.75, 3.05) is 19.8 Å². The second-order valence-electron chi connectivity index (χ2n) is 7.32. The zero-order valence-corrected chi connectivity index (χ0v) is 19.0. The quantitative estimate of drug-likeness (QED) is 0.568. The van der Waals surface area contributed by atoms with Gasteiger partial charge in [-0.15, -0.1) is 11.8 Å². The second-order valence-corrected chi connectivity index (χ2v) is 10.5. The number of thioether (sulfide) groups is 1. The third-order valence-electron chi connectivity index (χ3n) is 4.83. The number of nitrogens with one attached hydrogen (secondary N) is 1. The molecule has 5 nitrogen and oxygen atoms in total. The van der Waals surface area contributed by atoms with Crippen molar-refractivity contribution >= 4 is 38.5 Å². The number of hydrogen-bond donors (Lipinski definition) is 1. The molecule has 0 heterocycles. The first kappa shape index (κ1) is 22.3. The van der Waals surface area contributed by atoms with Crippen LogP contribution in [0.3, 0.4) is 0 Å². The maximum atomic E-state index is 12.4. The van der Waals surface area contributed by atoms with Crippen molar-refractivity contribution in [3.8, 4) is 0 Å². The smallest absolute Gasteiger partial charge is 0.242 e. The molecule has 1 unspecified atom stereocenters. The van der Waals surface area contributed by atoms with Gasteiger partial charge in [0.05, 0.1) is 16.7 Å². The minimum absolute atomic E-state index is 0.0438. The Bertz CT molecular complexity index is 1140. The second kappa shape index (κ2) is 9.64. The molecule has 3 aromatic carbocycles. The number of nitrogens with zero attached hydrogens (tertiary/aromatic N) is 1. The SMILES string of the molecule is CC(NC(=O)CSCc1cccc(S(=O)(=O)N(C)C)c1)c1ccc2ccccc2c1. The molecular weight excluding hydrogens is 416 g/mol. The van der Waals surface area contributed by atoms with E-state index in [0.29, 0.717) is 11.5 Å². The van der Waals surface area contributed by atoms with Gasteiger partial charge in [-0.05, 0) is 47.0 Å². The number of sulfonamides is 1. The van der Waals surface area contributed by atoms with E-state index >= 15 is 0 Å². The highest BCUT2D eigenvalue weighted by Gasteiger charge is 2.17. The average molecular weight is 443 g/mol. The highest BCUT2D eigenvalue weighted by atomic mass is 32.2. The molecule has 0 radical (unpaired) electrons. The molecular formula is C23H26N2O3S2. The lowest BCUT2D eigenvalue weighted by Crippen LogP contribution is -2.28. The summed E-state index contributed by atoms with van der Waals surface area (Å²) in [5.41, 5.74) is 1.94. The fraction of sp³-hybridized carbons (Fsp3) is 0.261. The summed E-state index contributed by atoms with van der Waals surface area (Å²) in [6, 6.07) is 21.1. The lowest BCUT2D eigenvalue weighted by molar-refractivity contribution is -0.119. The van der Waals surface area contributed by atoms with Crippen molar-refractivity contribution in [1.82, 2.24) is 9.62 Å². The molecule has 0 aliphatic carbocycles. The lowest BCUT2D eigenvalue weighted by Gasteiger charge is -2.15. The highest BCUT2D eigenvalue weighted by molar-refractivity contribution is 7.99. The van der Waals surface area contributed by atoms with Crippen LogP contribution in [0.15, 0.2) is 71.6 Å². The summed E-state index contributed by atoms with van der Waals surface area (Å²) in [6.07, 6.45) is 0. The van der Waals surface area contributed by atoms with Crippen LogP contribution >= 0.6 is 11.8 Å². The molecule has 0 saturated carbocycles. The number of benzene rings is 3. The summed E-state index contributed by atoms with van der Waals surface area (Å²) in [7, 11) is -0.435. The third-order valence-corrected chi connectivity index (χ3v) is 7.64. The zero-order valence-electron chi connectivity index (χ0n) is 17.3. The summed E-state index contributed by atoms with van der Waals surface area (Å²) < 4.78 is 25.7. The van der Waals surface area contributed by atoms with Crippen molar-refractivity contribution in [1.29, 1.82) is 0 Å². The molecule has 0 bridgehead atoms. The Morgan fingerprint density at radius 1 is 1.00 bits per heavy atom. The van der Waals surface area contributed by atoms with Crippen LogP contribution in [0.25, 0.3) is 10.8 Å². The van der Waals surface area contributed by atoms with Gasteiger partial charge < -0.3 is 5.32 Å². The van der Waals surface area contributed by atoms with E-state index in [1.807, 2.05) is 31.2 Å². The number of carbonyl (C=O) groups excluding carboxylic acids is 1. The van der Waals surface area contributed by atoms with E-state index < -0.39 is 10.0 Å². The van der Waals surface area contributed by atoms with Crippen LogP contribution < -0.4 is 5.32 Å².